The monoisotopic (exact) mass is 621 g/mol. The van der Waals surface area contributed by atoms with Crippen molar-refractivity contribution in [1.82, 2.24) is 10.2 Å². The van der Waals surface area contributed by atoms with Crippen molar-refractivity contribution in [2.45, 2.75) is 50.2 Å². The number of amides is 2. The molecule has 0 bridgehead atoms. The van der Waals surface area contributed by atoms with Gasteiger partial charge in [0.2, 0.25) is 12.2 Å². The van der Waals surface area contributed by atoms with Crippen LogP contribution in [0, 0.1) is 0 Å². The highest BCUT2D eigenvalue weighted by Crippen LogP contribution is 2.38. The molecule has 1 spiro atoms. The maximum absolute atomic E-state index is 14.0. The second-order valence-corrected chi connectivity index (χ2v) is 12.0. The topological polar surface area (TPSA) is 122 Å². The van der Waals surface area contributed by atoms with Crippen molar-refractivity contribution < 1.29 is 28.6 Å². The van der Waals surface area contributed by atoms with E-state index in [1.165, 1.54) is 6.26 Å². The number of nitrogens with zero attached hydrogens (tertiary/aromatic N) is 2. The normalized spacial score (nSPS) is 20.8. The van der Waals surface area contributed by atoms with Gasteiger partial charge in [-0.3, -0.25) is 14.4 Å². The summed E-state index contributed by atoms with van der Waals surface area (Å²) in [4.78, 5) is 44.5. The van der Waals surface area contributed by atoms with Gasteiger partial charge >= 0.3 is 0 Å². The van der Waals surface area contributed by atoms with Crippen LogP contribution in [-0.4, -0.2) is 53.4 Å². The average Bonchev–Trinajstić information content (AvgIpc) is 3.42. The number of ether oxygens (including phenoxy) is 2. The molecule has 2 atom stereocenters. The van der Waals surface area contributed by atoms with Crippen LogP contribution in [0.1, 0.15) is 41.9 Å². The van der Waals surface area contributed by atoms with Crippen molar-refractivity contribution >= 4 is 28.5 Å². The number of para-hydroxylation sites is 2. The molecular weight excluding hydrogens is 586 g/mol. The number of aliphatic hydroxyl groups excluding tert-OH is 1. The number of rotatable bonds is 7. The number of benzene rings is 3. The van der Waals surface area contributed by atoms with E-state index in [2.05, 4.69) is 10.2 Å². The van der Waals surface area contributed by atoms with Crippen LogP contribution in [0.15, 0.2) is 106 Å². The van der Waals surface area contributed by atoms with E-state index in [4.69, 9.17) is 13.9 Å². The van der Waals surface area contributed by atoms with E-state index in [1.807, 2.05) is 60.7 Å². The first kappa shape index (κ1) is 29.8. The Bertz CT molecular complexity index is 1830. The standard InChI is InChI=1S/C36H35N3O7/c40-20-24-10-12-25(13-11-24)21-45-32-19-26(29-22-44-30-9-5-4-8-28(30)33(29)41)18-31(46-32)34(42)38-16-14-36(15-17-38)35(43)37-23-39(36)27-6-2-1-3-7-27/h1-13,18,22,26,32,40H,14-17,19-21,23H2,(H,37,43)/t26-,32+/m1/s1. The fraction of sp³-hybridized carbons (Fsp3) is 0.306. The van der Waals surface area contributed by atoms with Crippen molar-refractivity contribution in [1.29, 1.82) is 0 Å². The molecular formula is C36H35N3O7. The van der Waals surface area contributed by atoms with E-state index < -0.39 is 17.7 Å². The molecule has 10 nitrogen and oxygen atoms in total. The third-order valence-corrected chi connectivity index (χ3v) is 9.30. The zero-order valence-electron chi connectivity index (χ0n) is 25.3. The molecule has 10 heteroatoms. The van der Waals surface area contributed by atoms with E-state index in [0.717, 1.165) is 16.8 Å². The lowest BCUT2D eigenvalue weighted by atomic mass is 9.85. The van der Waals surface area contributed by atoms with Gasteiger partial charge in [-0.2, -0.15) is 0 Å². The molecule has 3 aliphatic heterocycles. The van der Waals surface area contributed by atoms with Crippen molar-refractivity contribution in [2.24, 2.45) is 0 Å². The summed E-state index contributed by atoms with van der Waals surface area (Å²) in [6.07, 6.45) is 3.60. The Morgan fingerprint density at radius 3 is 2.43 bits per heavy atom. The summed E-state index contributed by atoms with van der Waals surface area (Å²) in [7, 11) is 0. The first-order valence-corrected chi connectivity index (χ1v) is 15.5. The second kappa shape index (κ2) is 12.5. The number of anilines is 1. The molecule has 2 saturated heterocycles. The summed E-state index contributed by atoms with van der Waals surface area (Å²) in [5, 5.41) is 12.8. The molecule has 0 aliphatic carbocycles. The van der Waals surface area contributed by atoms with E-state index in [0.29, 0.717) is 55.6 Å². The number of piperidine rings is 1. The SMILES string of the molecule is O=C(C1=C[C@@H](c2coc3ccccc3c2=O)C[C@@H](OCc2ccc(CO)cc2)O1)N1CCC2(CC1)C(=O)NCN2c1ccccc1. The molecule has 2 fully saturated rings. The van der Waals surface area contributed by atoms with Crippen LogP contribution >= 0.6 is 0 Å². The van der Waals surface area contributed by atoms with Crippen LogP contribution in [0.4, 0.5) is 5.69 Å². The van der Waals surface area contributed by atoms with E-state index in [1.54, 1.807) is 29.2 Å². The molecule has 2 amide bonds. The second-order valence-electron chi connectivity index (χ2n) is 12.0. The zero-order chi connectivity index (χ0) is 31.7. The summed E-state index contributed by atoms with van der Waals surface area (Å²) in [6.45, 7) is 1.31. The van der Waals surface area contributed by atoms with Crippen molar-refractivity contribution in [3.63, 3.8) is 0 Å². The van der Waals surface area contributed by atoms with E-state index in [-0.39, 0.29) is 36.2 Å². The van der Waals surface area contributed by atoms with Gasteiger partial charge in [-0.15, -0.1) is 0 Å². The maximum atomic E-state index is 14.0. The first-order chi connectivity index (χ1) is 22.4. The molecule has 4 heterocycles. The Morgan fingerprint density at radius 2 is 1.67 bits per heavy atom. The molecule has 1 aromatic heterocycles. The number of fused-ring (bicyclic) bond motifs is 1. The van der Waals surface area contributed by atoms with Gasteiger partial charge < -0.3 is 34.1 Å². The highest BCUT2D eigenvalue weighted by atomic mass is 16.7. The van der Waals surface area contributed by atoms with Gasteiger partial charge in [0, 0.05) is 36.7 Å². The minimum absolute atomic E-state index is 0.0276. The minimum Gasteiger partial charge on any atom is -0.464 e. The zero-order valence-corrected chi connectivity index (χ0v) is 25.3. The highest BCUT2D eigenvalue weighted by molar-refractivity contribution is 5.95. The molecule has 3 aliphatic rings. The molecule has 236 valence electrons. The summed E-state index contributed by atoms with van der Waals surface area (Å²) in [6, 6.07) is 24.3. The number of nitrogens with one attached hydrogen (secondary N) is 1. The van der Waals surface area contributed by atoms with Gasteiger partial charge in [0.25, 0.3) is 5.91 Å². The summed E-state index contributed by atoms with van der Waals surface area (Å²) >= 11 is 0. The number of allylic oxidation sites excluding steroid dienone is 1. The third kappa shape index (κ3) is 5.54. The molecule has 3 aromatic carbocycles. The van der Waals surface area contributed by atoms with Crippen LogP contribution in [0.5, 0.6) is 0 Å². The number of carbonyl (C=O) groups is 2. The smallest absolute Gasteiger partial charge is 0.288 e. The van der Waals surface area contributed by atoms with Crippen LogP contribution in [0.25, 0.3) is 11.0 Å². The first-order valence-electron chi connectivity index (χ1n) is 15.5. The third-order valence-electron chi connectivity index (χ3n) is 9.30. The average molecular weight is 622 g/mol. The Balaban J connectivity index is 1.13. The number of aliphatic hydroxyl groups is 1. The number of likely N-dealkylation sites (tertiary alicyclic amines) is 1. The highest BCUT2D eigenvalue weighted by Gasteiger charge is 2.51. The van der Waals surface area contributed by atoms with Crippen molar-refractivity contribution in [2.75, 3.05) is 24.7 Å². The van der Waals surface area contributed by atoms with Crippen molar-refractivity contribution in [3.05, 3.63) is 124 Å². The van der Waals surface area contributed by atoms with Crippen LogP contribution in [0.2, 0.25) is 0 Å². The summed E-state index contributed by atoms with van der Waals surface area (Å²) in [5.74, 6) is -0.715. The number of hydrogen-bond acceptors (Lipinski definition) is 8. The van der Waals surface area contributed by atoms with E-state index >= 15 is 0 Å². The number of carbonyl (C=O) groups excluding carboxylic acids is 2. The molecule has 2 N–H and O–H groups in total. The summed E-state index contributed by atoms with van der Waals surface area (Å²) in [5.41, 5.74) is 2.65. The lowest BCUT2D eigenvalue weighted by molar-refractivity contribution is -0.157. The molecule has 0 radical (unpaired) electrons. The van der Waals surface area contributed by atoms with Gasteiger partial charge in [0.05, 0.1) is 31.5 Å². The Kier molecular flexibility index (Phi) is 8.06. The Labute approximate surface area is 265 Å². The van der Waals surface area contributed by atoms with Gasteiger partial charge in [0.15, 0.2) is 11.2 Å². The number of hydrogen-bond donors (Lipinski definition) is 2. The molecule has 46 heavy (non-hydrogen) atoms. The van der Waals surface area contributed by atoms with Gasteiger partial charge in [0.1, 0.15) is 11.1 Å². The van der Waals surface area contributed by atoms with E-state index in [9.17, 15) is 19.5 Å². The predicted octanol–water partition coefficient (Wildman–Crippen LogP) is 4.17. The molecule has 0 saturated carbocycles. The largest absolute Gasteiger partial charge is 0.464 e. The summed E-state index contributed by atoms with van der Waals surface area (Å²) < 4.78 is 18.1. The lowest BCUT2D eigenvalue weighted by Crippen LogP contribution is -2.57. The van der Waals surface area contributed by atoms with Gasteiger partial charge in [-0.05, 0) is 54.3 Å². The predicted molar refractivity (Wildman–Crippen MR) is 170 cm³/mol. The fourth-order valence-electron chi connectivity index (χ4n) is 6.67. The quantitative estimate of drug-likeness (QED) is 0.316. The van der Waals surface area contributed by atoms with Crippen molar-refractivity contribution in [3.8, 4) is 0 Å². The van der Waals surface area contributed by atoms with Crippen LogP contribution in [0.3, 0.4) is 0 Å². The fourth-order valence-corrected chi connectivity index (χ4v) is 6.67. The van der Waals surface area contributed by atoms with Crippen LogP contribution in [-0.2, 0) is 32.3 Å². The molecule has 4 aromatic rings. The Morgan fingerprint density at radius 1 is 0.957 bits per heavy atom. The van der Waals surface area contributed by atoms with Crippen LogP contribution < -0.4 is 15.6 Å². The Hall–Kier alpha value is -4.93. The van der Waals surface area contributed by atoms with Gasteiger partial charge in [-0.1, -0.05) is 54.6 Å². The minimum atomic E-state index is -0.803. The molecule has 0 unspecified atom stereocenters. The molecule has 7 rings (SSSR count). The lowest BCUT2D eigenvalue weighted by Gasteiger charge is -2.43. The van der Waals surface area contributed by atoms with Gasteiger partial charge in [-0.25, -0.2) is 0 Å². The maximum Gasteiger partial charge on any atom is 0.288 e.